The van der Waals surface area contributed by atoms with Crippen LogP contribution in [0.2, 0.25) is 0 Å². The van der Waals surface area contributed by atoms with Gasteiger partial charge in [-0.05, 0) is 36.6 Å². The number of hydrogen-bond donors (Lipinski definition) is 2. The Morgan fingerprint density at radius 3 is 2.67 bits per heavy atom. The number of carboxylic acid groups (broad SMARTS) is 1. The van der Waals surface area contributed by atoms with Gasteiger partial charge in [0.1, 0.15) is 5.69 Å². The van der Waals surface area contributed by atoms with Gasteiger partial charge in [0.2, 0.25) is 0 Å². The third kappa shape index (κ3) is 1.88. The van der Waals surface area contributed by atoms with Crippen LogP contribution in [0.25, 0.3) is 10.9 Å². The van der Waals surface area contributed by atoms with E-state index in [4.69, 9.17) is 5.11 Å². The number of fused-ring (bicyclic) bond motifs is 1. The first-order valence-corrected chi connectivity index (χ1v) is 6.06. The number of hydrogen-bond acceptors (Lipinski definition) is 2. The molecular formula is C14H17NO3. The first-order valence-electron chi connectivity index (χ1n) is 6.06. The minimum Gasteiger partial charge on any atom is -0.477 e. The number of carbonyl (C=O) groups is 1. The summed E-state index contributed by atoms with van der Waals surface area (Å²) in [4.78, 5) is 11.3. The van der Waals surface area contributed by atoms with Crippen LogP contribution in [0.4, 0.5) is 0 Å². The zero-order chi connectivity index (χ0) is 13.3. The lowest BCUT2D eigenvalue weighted by atomic mass is 10.1. The molecule has 2 N–H and O–H groups in total. The fourth-order valence-corrected chi connectivity index (χ4v) is 2.40. The zero-order valence-electron chi connectivity index (χ0n) is 10.6. The summed E-state index contributed by atoms with van der Waals surface area (Å²) in [7, 11) is 0. The minimum atomic E-state index is -0.949. The second kappa shape index (κ2) is 4.82. The molecule has 0 fully saturated rings. The molecule has 0 aliphatic carbocycles. The van der Waals surface area contributed by atoms with Crippen LogP contribution < -0.4 is 0 Å². The molecule has 4 nitrogen and oxygen atoms in total. The number of carboxylic acids is 1. The van der Waals surface area contributed by atoms with E-state index in [1.165, 1.54) is 5.56 Å². The predicted molar refractivity (Wildman–Crippen MR) is 70.1 cm³/mol. The Morgan fingerprint density at radius 2 is 2.11 bits per heavy atom. The van der Waals surface area contributed by atoms with Crippen molar-refractivity contribution in [1.29, 1.82) is 0 Å². The molecule has 0 saturated carbocycles. The minimum absolute atomic E-state index is 0.0704. The molecule has 0 bridgehead atoms. The second-order valence-corrected chi connectivity index (χ2v) is 4.36. The summed E-state index contributed by atoms with van der Waals surface area (Å²) in [6, 6.07) is 5.97. The van der Waals surface area contributed by atoms with E-state index in [9.17, 15) is 9.90 Å². The molecule has 18 heavy (non-hydrogen) atoms. The van der Waals surface area contributed by atoms with Crippen molar-refractivity contribution < 1.29 is 15.0 Å². The van der Waals surface area contributed by atoms with E-state index in [0.29, 0.717) is 6.54 Å². The average Bonchev–Trinajstić information content (AvgIpc) is 2.63. The number of rotatable bonds is 4. The molecule has 2 rings (SSSR count). The maximum absolute atomic E-state index is 11.3. The number of nitrogens with zero attached hydrogens (tertiary/aromatic N) is 1. The molecule has 1 aromatic heterocycles. The largest absolute Gasteiger partial charge is 0.477 e. The molecule has 2 aromatic rings. The summed E-state index contributed by atoms with van der Waals surface area (Å²) >= 11 is 0. The van der Waals surface area contributed by atoms with Crippen molar-refractivity contribution in [2.75, 3.05) is 6.61 Å². The molecule has 0 unspecified atom stereocenters. The van der Waals surface area contributed by atoms with Gasteiger partial charge in [-0.1, -0.05) is 13.0 Å². The van der Waals surface area contributed by atoms with Crippen molar-refractivity contribution in [2.45, 2.75) is 26.8 Å². The Morgan fingerprint density at radius 1 is 1.39 bits per heavy atom. The topological polar surface area (TPSA) is 62.5 Å². The summed E-state index contributed by atoms with van der Waals surface area (Å²) in [5.74, 6) is -0.949. The monoisotopic (exact) mass is 247 g/mol. The summed E-state index contributed by atoms with van der Waals surface area (Å²) in [6.07, 6.45) is 0.920. The van der Waals surface area contributed by atoms with E-state index >= 15 is 0 Å². The Balaban J connectivity index is 2.77. The number of aromatic nitrogens is 1. The van der Waals surface area contributed by atoms with Gasteiger partial charge < -0.3 is 14.8 Å². The van der Waals surface area contributed by atoms with Gasteiger partial charge in [0.25, 0.3) is 0 Å². The van der Waals surface area contributed by atoms with Crippen molar-refractivity contribution in [3.05, 3.63) is 35.0 Å². The number of aliphatic hydroxyl groups excluding tert-OH is 1. The summed E-state index contributed by atoms with van der Waals surface area (Å²) in [6.45, 7) is 4.12. The van der Waals surface area contributed by atoms with E-state index in [1.54, 1.807) is 4.57 Å². The molecule has 0 saturated heterocycles. The number of benzene rings is 1. The number of aromatic carboxylic acids is 1. The van der Waals surface area contributed by atoms with Crippen molar-refractivity contribution >= 4 is 16.9 Å². The molecule has 0 aliphatic rings. The summed E-state index contributed by atoms with van der Waals surface area (Å²) in [5.41, 5.74) is 3.09. The predicted octanol–water partition coefficient (Wildman–Crippen LogP) is 2.20. The fraction of sp³-hybridized carbons (Fsp3) is 0.357. The normalized spacial score (nSPS) is 11.1. The SMILES string of the molecule is CCc1ccc2c(c1)c(C)c(C(=O)O)n2CCO. The van der Waals surface area contributed by atoms with Gasteiger partial charge in [-0.2, -0.15) is 0 Å². The van der Waals surface area contributed by atoms with Crippen molar-refractivity contribution in [2.24, 2.45) is 0 Å². The Labute approximate surface area is 105 Å². The Kier molecular flexibility index (Phi) is 3.39. The van der Waals surface area contributed by atoms with Crippen LogP contribution in [0, 0.1) is 6.92 Å². The van der Waals surface area contributed by atoms with Gasteiger partial charge in [0.05, 0.1) is 6.61 Å². The van der Waals surface area contributed by atoms with Gasteiger partial charge in [0, 0.05) is 17.4 Å². The molecule has 0 atom stereocenters. The third-order valence-electron chi connectivity index (χ3n) is 3.32. The first kappa shape index (κ1) is 12.6. The molecule has 1 aromatic carbocycles. The van der Waals surface area contributed by atoms with Crippen LogP contribution >= 0.6 is 0 Å². The Hall–Kier alpha value is -1.81. The van der Waals surface area contributed by atoms with Crippen molar-refractivity contribution in [1.82, 2.24) is 4.57 Å². The van der Waals surface area contributed by atoms with Crippen LogP contribution in [0.3, 0.4) is 0 Å². The summed E-state index contributed by atoms with van der Waals surface area (Å²) < 4.78 is 1.67. The van der Waals surface area contributed by atoms with Crippen molar-refractivity contribution in [3.8, 4) is 0 Å². The van der Waals surface area contributed by atoms with Gasteiger partial charge in [-0.3, -0.25) is 0 Å². The van der Waals surface area contributed by atoms with Crippen molar-refractivity contribution in [3.63, 3.8) is 0 Å². The molecule has 1 heterocycles. The summed E-state index contributed by atoms with van der Waals surface area (Å²) in [5, 5.41) is 19.3. The standard InChI is InChI=1S/C14H17NO3/c1-3-10-4-5-12-11(8-10)9(2)13(14(17)18)15(12)6-7-16/h4-5,8,16H,3,6-7H2,1-2H3,(H,17,18). The fourth-order valence-electron chi connectivity index (χ4n) is 2.40. The van der Waals surface area contributed by atoms with E-state index in [0.717, 1.165) is 22.9 Å². The van der Waals surface area contributed by atoms with Gasteiger partial charge >= 0.3 is 5.97 Å². The molecule has 96 valence electrons. The van der Waals surface area contributed by atoms with Crippen LogP contribution in [-0.4, -0.2) is 27.4 Å². The second-order valence-electron chi connectivity index (χ2n) is 4.36. The highest BCUT2D eigenvalue weighted by Crippen LogP contribution is 2.27. The molecule has 4 heteroatoms. The molecule has 0 spiro atoms. The highest BCUT2D eigenvalue weighted by Gasteiger charge is 2.19. The number of aryl methyl sites for hydroxylation is 2. The van der Waals surface area contributed by atoms with Gasteiger partial charge in [-0.25, -0.2) is 4.79 Å². The Bertz CT molecular complexity index is 599. The smallest absolute Gasteiger partial charge is 0.352 e. The van der Waals surface area contributed by atoms with Crippen LogP contribution in [0.5, 0.6) is 0 Å². The van der Waals surface area contributed by atoms with Crippen LogP contribution in [0.15, 0.2) is 18.2 Å². The number of aliphatic hydroxyl groups is 1. The van der Waals surface area contributed by atoms with Gasteiger partial charge in [0.15, 0.2) is 0 Å². The molecule has 0 aliphatic heterocycles. The highest BCUT2D eigenvalue weighted by molar-refractivity contribution is 5.98. The maximum Gasteiger partial charge on any atom is 0.352 e. The first-order chi connectivity index (χ1) is 8.60. The van der Waals surface area contributed by atoms with E-state index in [1.807, 2.05) is 25.1 Å². The van der Waals surface area contributed by atoms with E-state index < -0.39 is 5.97 Å². The lowest BCUT2D eigenvalue weighted by Gasteiger charge is -2.06. The van der Waals surface area contributed by atoms with Gasteiger partial charge in [-0.15, -0.1) is 0 Å². The average molecular weight is 247 g/mol. The maximum atomic E-state index is 11.3. The lowest BCUT2D eigenvalue weighted by molar-refractivity contribution is 0.0683. The quantitative estimate of drug-likeness (QED) is 0.870. The molecule has 0 radical (unpaired) electrons. The van der Waals surface area contributed by atoms with Crippen LogP contribution in [0.1, 0.15) is 28.5 Å². The van der Waals surface area contributed by atoms with Crippen LogP contribution in [-0.2, 0) is 13.0 Å². The zero-order valence-corrected chi connectivity index (χ0v) is 10.6. The third-order valence-corrected chi connectivity index (χ3v) is 3.32. The molecule has 0 amide bonds. The van der Waals surface area contributed by atoms with E-state index in [-0.39, 0.29) is 12.3 Å². The lowest BCUT2D eigenvalue weighted by Crippen LogP contribution is -2.11. The highest BCUT2D eigenvalue weighted by atomic mass is 16.4. The van der Waals surface area contributed by atoms with E-state index in [2.05, 4.69) is 6.92 Å². The molecular weight excluding hydrogens is 230 g/mol.